The fourth-order valence-electron chi connectivity index (χ4n) is 3.56. The van der Waals surface area contributed by atoms with Crippen molar-refractivity contribution in [3.05, 3.63) is 22.7 Å². The van der Waals surface area contributed by atoms with Crippen LogP contribution in [0.4, 0.5) is 0 Å². The van der Waals surface area contributed by atoms with Gasteiger partial charge in [-0.25, -0.2) is 0 Å². The molecule has 1 fully saturated rings. The number of halogens is 2. The minimum Gasteiger partial charge on any atom is -0.486 e. The van der Waals surface area contributed by atoms with Crippen LogP contribution in [-0.2, 0) is 11.2 Å². The molecule has 1 aromatic rings. The van der Waals surface area contributed by atoms with Gasteiger partial charge in [0.15, 0.2) is 17.5 Å². The second-order valence-electron chi connectivity index (χ2n) is 7.68. The largest absolute Gasteiger partial charge is 0.486 e. The summed E-state index contributed by atoms with van der Waals surface area (Å²) in [6, 6.07) is 4.11. The summed E-state index contributed by atoms with van der Waals surface area (Å²) in [6.45, 7) is 9.91. The first-order chi connectivity index (χ1) is 14.0. The standard InChI is InChI=1S/C21H31ClN4O3.HI/c1-4-23-21(25-16-6-8-26(13-16)20(27)14(2)3)24-7-5-15-11-17(22)19-18(12-15)28-9-10-29-19;/h11-12,14,16H,4-10,13H2,1-3H3,(H2,23,24,25);1H. The molecule has 2 aliphatic rings. The van der Waals surface area contributed by atoms with Crippen molar-refractivity contribution in [1.82, 2.24) is 15.5 Å². The number of carbonyl (C=O) groups is 1. The highest BCUT2D eigenvalue weighted by Crippen LogP contribution is 2.38. The number of aliphatic imine (C=N–C) groups is 1. The summed E-state index contributed by atoms with van der Waals surface area (Å²) < 4.78 is 11.2. The van der Waals surface area contributed by atoms with Crippen molar-refractivity contribution in [3.8, 4) is 11.5 Å². The van der Waals surface area contributed by atoms with Gasteiger partial charge in [0.05, 0.1) is 5.02 Å². The first kappa shape index (κ1) is 24.8. The van der Waals surface area contributed by atoms with Gasteiger partial charge in [0.25, 0.3) is 0 Å². The van der Waals surface area contributed by atoms with E-state index in [4.69, 9.17) is 26.1 Å². The molecule has 3 rings (SSSR count). The lowest BCUT2D eigenvalue weighted by Gasteiger charge is -2.21. The molecule has 1 unspecified atom stereocenters. The number of hydrogen-bond acceptors (Lipinski definition) is 4. The molecule has 0 bridgehead atoms. The van der Waals surface area contributed by atoms with E-state index in [1.54, 1.807) is 0 Å². The lowest BCUT2D eigenvalue weighted by atomic mass is 10.1. The molecule has 2 N–H and O–H groups in total. The Hall–Kier alpha value is -1.42. The van der Waals surface area contributed by atoms with Crippen LogP contribution < -0.4 is 20.1 Å². The number of fused-ring (bicyclic) bond motifs is 1. The first-order valence-corrected chi connectivity index (χ1v) is 10.8. The van der Waals surface area contributed by atoms with E-state index in [0.29, 0.717) is 36.3 Å². The van der Waals surface area contributed by atoms with Crippen molar-refractivity contribution in [2.75, 3.05) is 39.4 Å². The molecule has 9 heteroatoms. The topological polar surface area (TPSA) is 75.2 Å². The van der Waals surface area contributed by atoms with Crippen molar-refractivity contribution in [1.29, 1.82) is 0 Å². The first-order valence-electron chi connectivity index (χ1n) is 10.4. The molecule has 168 valence electrons. The van der Waals surface area contributed by atoms with Crippen LogP contribution in [0, 0.1) is 5.92 Å². The summed E-state index contributed by atoms with van der Waals surface area (Å²) in [5.74, 6) is 2.36. The molecule has 0 aliphatic carbocycles. The molecule has 2 aliphatic heterocycles. The number of nitrogens with zero attached hydrogens (tertiary/aromatic N) is 2. The van der Waals surface area contributed by atoms with Crippen molar-refractivity contribution in [2.24, 2.45) is 10.9 Å². The Labute approximate surface area is 200 Å². The van der Waals surface area contributed by atoms with E-state index in [0.717, 1.165) is 44.0 Å². The highest BCUT2D eigenvalue weighted by molar-refractivity contribution is 14.0. The minimum atomic E-state index is 0. The smallest absolute Gasteiger partial charge is 0.225 e. The lowest BCUT2D eigenvalue weighted by molar-refractivity contribution is -0.133. The van der Waals surface area contributed by atoms with E-state index in [1.165, 1.54) is 0 Å². The quantitative estimate of drug-likeness (QED) is 0.324. The Bertz CT molecular complexity index is 760. The third kappa shape index (κ3) is 6.54. The van der Waals surface area contributed by atoms with Gasteiger partial charge >= 0.3 is 0 Å². The monoisotopic (exact) mass is 550 g/mol. The van der Waals surface area contributed by atoms with Crippen LogP contribution in [0.5, 0.6) is 11.5 Å². The average molecular weight is 551 g/mol. The molecule has 0 radical (unpaired) electrons. The molecular weight excluding hydrogens is 519 g/mol. The number of ether oxygens (including phenoxy) is 2. The van der Waals surface area contributed by atoms with E-state index < -0.39 is 0 Å². The average Bonchev–Trinajstić information content (AvgIpc) is 3.16. The SMILES string of the molecule is CCNC(=NCCc1cc(Cl)c2c(c1)OCCO2)NC1CCN(C(=O)C(C)C)C1.I. The van der Waals surface area contributed by atoms with Crippen molar-refractivity contribution >= 4 is 47.4 Å². The zero-order valence-electron chi connectivity index (χ0n) is 17.9. The molecule has 2 heterocycles. The molecule has 1 atom stereocenters. The van der Waals surface area contributed by atoms with Crippen LogP contribution in [0.2, 0.25) is 5.02 Å². The summed E-state index contributed by atoms with van der Waals surface area (Å²) in [6.07, 6.45) is 1.68. The maximum absolute atomic E-state index is 12.2. The van der Waals surface area contributed by atoms with E-state index in [9.17, 15) is 4.79 Å². The number of benzene rings is 1. The van der Waals surface area contributed by atoms with Gasteiger partial charge in [-0.15, -0.1) is 24.0 Å². The number of carbonyl (C=O) groups excluding carboxylic acids is 1. The zero-order valence-corrected chi connectivity index (χ0v) is 21.0. The highest BCUT2D eigenvalue weighted by Gasteiger charge is 2.28. The molecule has 7 nitrogen and oxygen atoms in total. The summed E-state index contributed by atoms with van der Waals surface area (Å²) in [7, 11) is 0. The number of rotatable bonds is 6. The predicted molar refractivity (Wildman–Crippen MR) is 130 cm³/mol. The van der Waals surface area contributed by atoms with Crippen molar-refractivity contribution in [2.45, 2.75) is 39.7 Å². The van der Waals surface area contributed by atoms with Gasteiger partial charge in [0, 0.05) is 38.1 Å². The number of amides is 1. The number of guanidine groups is 1. The van der Waals surface area contributed by atoms with Gasteiger partial charge < -0.3 is 25.0 Å². The molecular formula is C21H32ClIN4O3. The van der Waals surface area contributed by atoms with Crippen LogP contribution in [-0.4, -0.2) is 62.2 Å². The van der Waals surface area contributed by atoms with E-state index >= 15 is 0 Å². The van der Waals surface area contributed by atoms with E-state index in [1.807, 2.05) is 37.8 Å². The summed E-state index contributed by atoms with van der Waals surface area (Å²) in [5, 5.41) is 7.33. The van der Waals surface area contributed by atoms with Crippen molar-refractivity contribution in [3.63, 3.8) is 0 Å². The Kier molecular flexibility index (Phi) is 9.80. The molecule has 1 aromatic carbocycles. The number of hydrogen-bond donors (Lipinski definition) is 2. The Morgan fingerprint density at radius 2 is 2.10 bits per heavy atom. The van der Waals surface area contributed by atoms with E-state index in [-0.39, 0.29) is 41.8 Å². The third-order valence-corrected chi connectivity index (χ3v) is 5.29. The second-order valence-corrected chi connectivity index (χ2v) is 8.09. The van der Waals surface area contributed by atoms with Gasteiger partial charge in [0.1, 0.15) is 13.2 Å². The third-order valence-electron chi connectivity index (χ3n) is 5.01. The molecule has 0 aromatic heterocycles. The molecule has 30 heavy (non-hydrogen) atoms. The Balaban J connectivity index is 0.00000320. The van der Waals surface area contributed by atoms with Gasteiger partial charge in [-0.05, 0) is 37.5 Å². The molecule has 1 saturated heterocycles. The van der Waals surface area contributed by atoms with Gasteiger partial charge in [0.2, 0.25) is 5.91 Å². The lowest BCUT2D eigenvalue weighted by Crippen LogP contribution is -2.45. The number of likely N-dealkylation sites (tertiary alicyclic amines) is 1. The van der Waals surface area contributed by atoms with E-state index in [2.05, 4.69) is 10.6 Å². The van der Waals surface area contributed by atoms with Crippen LogP contribution in [0.15, 0.2) is 17.1 Å². The summed E-state index contributed by atoms with van der Waals surface area (Å²) in [4.78, 5) is 18.8. The molecule has 0 spiro atoms. The maximum Gasteiger partial charge on any atom is 0.225 e. The minimum absolute atomic E-state index is 0. The predicted octanol–water partition coefficient (Wildman–Crippen LogP) is 3.08. The Morgan fingerprint density at radius 3 is 2.83 bits per heavy atom. The second kappa shape index (κ2) is 11.8. The molecule has 1 amide bonds. The Morgan fingerprint density at radius 1 is 1.33 bits per heavy atom. The van der Waals surface area contributed by atoms with Gasteiger partial charge in [-0.1, -0.05) is 25.4 Å². The van der Waals surface area contributed by atoms with Gasteiger partial charge in [-0.3, -0.25) is 9.79 Å². The fourth-order valence-corrected chi connectivity index (χ4v) is 3.85. The zero-order chi connectivity index (χ0) is 20.8. The van der Waals surface area contributed by atoms with Crippen molar-refractivity contribution < 1.29 is 14.3 Å². The molecule has 0 saturated carbocycles. The normalized spacial score (nSPS) is 18.2. The van der Waals surface area contributed by atoms with Crippen LogP contribution in [0.25, 0.3) is 0 Å². The number of nitrogens with one attached hydrogen (secondary N) is 2. The van der Waals surface area contributed by atoms with Crippen LogP contribution in [0.1, 0.15) is 32.8 Å². The summed E-state index contributed by atoms with van der Waals surface area (Å²) >= 11 is 6.32. The fraction of sp³-hybridized carbons (Fsp3) is 0.619. The van der Waals surface area contributed by atoms with Gasteiger partial charge in [-0.2, -0.15) is 0 Å². The maximum atomic E-state index is 12.2. The van der Waals surface area contributed by atoms with Crippen LogP contribution in [0.3, 0.4) is 0 Å². The van der Waals surface area contributed by atoms with Crippen LogP contribution >= 0.6 is 35.6 Å². The summed E-state index contributed by atoms with van der Waals surface area (Å²) in [5.41, 5.74) is 1.06. The highest BCUT2D eigenvalue weighted by atomic mass is 127.